The second-order valence-corrected chi connectivity index (χ2v) is 7.99. The lowest BCUT2D eigenvalue weighted by Gasteiger charge is -2.24. The minimum atomic E-state index is 0.0356. The van der Waals surface area contributed by atoms with E-state index in [1.54, 1.807) is 0 Å². The van der Waals surface area contributed by atoms with Crippen LogP contribution < -0.4 is 0 Å². The van der Waals surface area contributed by atoms with Gasteiger partial charge in [-0.3, -0.25) is 9.48 Å². The van der Waals surface area contributed by atoms with Crippen molar-refractivity contribution in [1.82, 2.24) is 19.6 Å². The molecule has 1 unspecified atom stereocenters. The van der Waals surface area contributed by atoms with Gasteiger partial charge in [0.1, 0.15) is 0 Å². The maximum absolute atomic E-state index is 13.6. The zero-order valence-corrected chi connectivity index (χ0v) is 17.4. The molecule has 0 saturated carbocycles. The zero-order valence-electron chi connectivity index (χ0n) is 17.4. The Labute approximate surface area is 172 Å². The Kier molecular flexibility index (Phi) is 5.49. The zero-order chi connectivity index (χ0) is 20.4. The highest BCUT2D eigenvalue weighted by Gasteiger charge is 2.33. The van der Waals surface area contributed by atoms with Gasteiger partial charge in [0, 0.05) is 25.7 Å². The van der Waals surface area contributed by atoms with E-state index in [1.807, 2.05) is 59.1 Å². The van der Waals surface area contributed by atoms with Gasteiger partial charge in [0.25, 0.3) is 5.91 Å². The highest BCUT2D eigenvalue weighted by atomic mass is 16.2. The van der Waals surface area contributed by atoms with Crippen molar-refractivity contribution in [3.63, 3.8) is 0 Å². The van der Waals surface area contributed by atoms with Gasteiger partial charge in [-0.1, -0.05) is 48.5 Å². The molecule has 1 aliphatic heterocycles. The number of aromatic nitrogens is 2. The summed E-state index contributed by atoms with van der Waals surface area (Å²) < 4.78 is 1.94. The van der Waals surface area contributed by atoms with E-state index in [9.17, 15) is 4.79 Å². The van der Waals surface area contributed by atoms with Crippen LogP contribution in [0.5, 0.6) is 0 Å². The second-order valence-electron chi connectivity index (χ2n) is 7.99. The lowest BCUT2D eigenvalue weighted by Crippen LogP contribution is -2.31. The summed E-state index contributed by atoms with van der Waals surface area (Å²) >= 11 is 0. The first-order valence-electron chi connectivity index (χ1n) is 10.2. The number of rotatable bonds is 5. The van der Waals surface area contributed by atoms with E-state index in [4.69, 9.17) is 5.10 Å². The summed E-state index contributed by atoms with van der Waals surface area (Å²) in [5.41, 5.74) is 4.97. The second kappa shape index (κ2) is 8.21. The summed E-state index contributed by atoms with van der Waals surface area (Å²) in [6.45, 7) is 1.60. The quantitative estimate of drug-likeness (QED) is 0.660. The summed E-state index contributed by atoms with van der Waals surface area (Å²) in [5.74, 6) is 0.0896. The van der Waals surface area contributed by atoms with E-state index in [0.717, 1.165) is 54.0 Å². The van der Waals surface area contributed by atoms with Crippen LogP contribution >= 0.6 is 0 Å². The molecule has 5 heteroatoms. The van der Waals surface area contributed by atoms with E-state index in [-0.39, 0.29) is 11.9 Å². The molecular formula is C24H28N4O. The number of hydrogen-bond donors (Lipinski definition) is 0. The molecule has 0 N–H and O–H groups in total. The molecule has 2 aromatic carbocycles. The Bertz CT molecular complexity index is 993. The summed E-state index contributed by atoms with van der Waals surface area (Å²) in [6, 6.07) is 20.2. The molecule has 1 fully saturated rings. The maximum atomic E-state index is 13.6. The summed E-state index contributed by atoms with van der Waals surface area (Å²) in [4.78, 5) is 17.7. The number of aryl methyl sites for hydroxylation is 1. The number of likely N-dealkylation sites (tertiary alicyclic amines) is 1. The van der Waals surface area contributed by atoms with E-state index in [0.29, 0.717) is 0 Å². The minimum absolute atomic E-state index is 0.0356. The number of hydrogen-bond acceptors (Lipinski definition) is 3. The molecule has 3 aromatic rings. The van der Waals surface area contributed by atoms with E-state index in [2.05, 4.69) is 37.2 Å². The first-order chi connectivity index (χ1) is 14.0. The largest absolute Gasteiger partial charge is 0.330 e. The summed E-state index contributed by atoms with van der Waals surface area (Å²) in [6.07, 6.45) is 1.96. The Morgan fingerprint density at radius 3 is 2.59 bits per heavy atom. The minimum Gasteiger partial charge on any atom is -0.330 e. The third kappa shape index (κ3) is 3.96. The van der Waals surface area contributed by atoms with Crippen molar-refractivity contribution in [2.45, 2.75) is 25.4 Å². The molecule has 0 radical (unpaired) electrons. The normalized spacial score (nSPS) is 16.6. The van der Waals surface area contributed by atoms with Crippen LogP contribution in [0.25, 0.3) is 11.1 Å². The van der Waals surface area contributed by atoms with Crippen molar-refractivity contribution in [2.24, 2.45) is 7.05 Å². The highest BCUT2D eigenvalue weighted by molar-refractivity contribution is 6.01. The lowest BCUT2D eigenvalue weighted by atomic mass is 9.98. The number of amides is 1. The Morgan fingerprint density at radius 2 is 1.83 bits per heavy atom. The highest BCUT2D eigenvalue weighted by Crippen LogP contribution is 2.34. The van der Waals surface area contributed by atoms with Crippen LogP contribution in [0.15, 0.2) is 60.7 Å². The van der Waals surface area contributed by atoms with E-state index in [1.165, 1.54) is 0 Å². The van der Waals surface area contributed by atoms with Gasteiger partial charge >= 0.3 is 0 Å². The van der Waals surface area contributed by atoms with Crippen molar-refractivity contribution in [1.29, 1.82) is 0 Å². The molecule has 0 bridgehead atoms. The van der Waals surface area contributed by atoms with Crippen LogP contribution in [0.2, 0.25) is 0 Å². The SMILES string of the molecule is CN(C)Cc1cc(C2CCCN2C(=O)c2ccccc2-c2ccccc2)nn1C. The molecule has 150 valence electrons. The molecular weight excluding hydrogens is 360 g/mol. The average molecular weight is 389 g/mol. The molecule has 1 aliphatic rings. The van der Waals surface area contributed by atoms with E-state index < -0.39 is 0 Å². The van der Waals surface area contributed by atoms with Gasteiger partial charge in [0.15, 0.2) is 0 Å². The summed E-state index contributed by atoms with van der Waals surface area (Å²) in [7, 11) is 6.09. The van der Waals surface area contributed by atoms with Crippen molar-refractivity contribution in [3.8, 4) is 11.1 Å². The van der Waals surface area contributed by atoms with Crippen LogP contribution in [-0.2, 0) is 13.6 Å². The van der Waals surface area contributed by atoms with Crippen molar-refractivity contribution in [3.05, 3.63) is 77.6 Å². The molecule has 5 nitrogen and oxygen atoms in total. The van der Waals surface area contributed by atoms with Gasteiger partial charge < -0.3 is 9.80 Å². The molecule has 2 heterocycles. The maximum Gasteiger partial charge on any atom is 0.255 e. The van der Waals surface area contributed by atoms with Crippen LogP contribution in [0.4, 0.5) is 0 Å². The van der Waals surface area contributed by atoms with Crippen LogP contribution in [0, 0.1) is 0 Å². The molecule has 1 atom stereocenters. The third-order valence-corrected chi connectivity index (χ3v) is 5.57. The van der Waals surface area contributed by atoms with Gasteiger partial charge in [0.05, 0.1) is 17.4 Å². The van der Waals surface area contributed by atoms with Crippen molar-refractivity contribution >= 4 is 5.91 Å². The van der Waals surface area contributed by atoms with Crippen molar-refractivity contribution in [2.75, 3.05) is 20.6 Å². The van der Waals surface area contributed by atoms with Crippen molar-refractivity contribution < 1.29 is 4.79 Å². The van der Waals surface area contributed by atoms with E-state index >= 15 is 0 Å². The molecule has 1 aromatic heterocycles. The predicted octanol–water partition coefficient (Wildman–Crippen LogP) is 4.13. The Morgan fingerprint density at radius 1 is 1.10 bits per heavy atom. The topological polar surface area (TPSA) is 41.4 Å². The fourth-order valence-corrected chi connectivity index (χ4v) is 4.18. The van der Waals surface area contributed by atoms with Gasteiger partial charge in [-0.05, 0) is 50.2 Å². The van der Waals surface area contributed by atoms with Gasteiger partial charge in [-0.25, -0.2) is 0 Å². The fourth-order valence-electron chi connectivity index (χ4n) is 4.18. The van der Waals surface area contributed by atoms with Gasteiger partial charge in [-0.15, -0.1) is 0 Å². The molecule has 0 aliphatic carbocycles. The molecule has 4 rings (SSSR count). The van der Waals surface area contributed by atoms with Gasteiger partial charge in [0.2, 0.25) is 0 Å². The van der Waals surface area contributed by atoms with Crippen LogP contribution in [-0.4, -0.2) is 46.1 Å². The lowest BCUT2D eigenvalue weighted by molar-refractivity contribution is 0.0733. The fraction of sp³-hybridized carbons (Fsp3) is 0.333. The Balaban J connectivity index is 1.65. The number of benzene rings is 2. The first-order valence-corrected chi connectivity index (χ1v) is 10.2. The number of carbonyl (C=O) groups excluding carboxylic acids is 1. The van der Waals surface area contributed by atoms with Gasteiger partial charge in [-0.2, -0.15) is 5.10 Å². The van der Waals surface area contributed by atoms with Crippen LogP contribution in [0.3, 0.4) is 0 Å². The molecule has 1 amide bonds. The molecule has 1 saturated heterocycles. The molecule has 0 spiro atoms. The number of carbonyl (C=O) groups is 1. The average Bonchev–Trinajstić information content (AvgIpc) is 3.35. The van der Waals surface area contributed by atoms with Crippen LogP contribution in [0.1, 0.15) is 40.6 Å². The monoisotopic (exact) mass is 388 g/mol. The Hall–Kier alpha value is -2.92. The predicted molar refractivity (Wildman–Crippen MR) is 115 cm³/mol. The summed E-state index contributed by atoms with van der Waals surface area (Å²) in [5, 5.41) is 4.75. The standard InChI is InChI=1S/C24H28N4O/c1-26(2)17-19-16-22(25-27(19)3)23-14-9-15-28(23)24(29)21-13-8-7-12-20(21)18-10-5-4-6-11-18/h4-8,10-13,16,23H,9,14-15,17H2,1-3H3. The molecule has 29 heavy (non-hydrogen) atoms. The first kappa shape index (κ1) is 19.4. The number of nitrogens with zero attached hydrogens (tertiary/aromatic N) is 4. The smallest absolute Gasteiger partial charge is 0.255 e. The third-order valence-electron chi connectivity index (χ3n) is 5.57.